The molecule has 0 saturated carbocycles. The molecule has 0 radical (unpaired) electrons. The molecule has 0 aliphatic rings. The van der Waals surface area contributed by atoms with Crippen LogP contribution in [0.3, 0.4) is 0 Å². The van der Waals surface area contributed by atoms with Crippen molar-refractivity contribution in [2.24, 2.45) is 0 Å². The van der Waals surface area contributed by atoms with E-state index < -0.39 is 8.07 Å². The maximum absolute atomic E-state index is 9.63. The lowest BCUT2D eigenvalue weighted by Gasteiger charge is -2.35. The summed E-state index contributed by atoms with van der Waals surface area (Å²) in [5.41, 5.74) is 8.44. The molecule has 300 valence electrons. The molecule has 3 heterocycles. The maximum atomic E-state index is 9.63. The smallest absolute Gasteiger partial charge is 0.179 e. The first kappa shape index (κ1) is 32.5. The van der Waals surface area contributed by atoms with Gasteiger partial charge in [0.15, 0.2) is 13.7 Å². The molecule has 0 unspecified atom stereocenters. The van der Waals surface area contributed by atoms with E-state index in [1.165, 1.54) is 20.7 Å². The van der Waals surface area contributed by atoms with Gasteiger partial charge in [0, 0.05) is 32.6 Å². The summed E-state index contributed by atoms with van der Waals surface area (Å²) < 4.78 is 48.5. The Morgan fingerprint density at radius 3 is 1.62 bits per heavy atom. The molecule has 3 nitrogen and oxygen atoms in total. The van der Waals surface area contributed by atoms with E-state index in [1.54, 1.807) is 0 Å². The zero-order valence-corrected chi connectivity index (χ0v) is 35.6. The van der Waals surface area contributed by atoms with Gasteiger partial charge < -0.3 is 13.6 Å². The lowest BCUT2D eigenvalue weighted by molar-refractivity contribution is 0.666. The summed E-state index contributed by atoms with van der Waals surface area (Å²) in [6.07, 6.45) is 0. The number of furan rings is 1. The largest absolute Gasteiger partial charge is 0.454 e. The molecule has 64 heavy (non-hydrogen) atoms. The SMILES string of the molecule is [2H]c1c([2H])c([2H])c2c(c1[2H])c1cc(-n3c4ccccc4c4ccccc43)c3oc4ccccc4c3c1n2-c1ccc([Si](c2ccccc2)(c2ccccc2)c2cccc(-c3ccccc3)c2)cc1. The van der Waals surface area contributed by atoms with E-state index in [4.69, 9.17) is 7.16 Å². The quantitative estimate of drug-likeness (QED) is 0.116. The number of hydrogen-bond donors (Lipinski definition) is 0. The van der Waals surface area contributed by atoms with Crippen LogP contribution in [0.1, 0.15) is 5.48 Å². The number of aromatic nitrogens is 2. The van der Waals surface area contributed by atoms with Gasteiger partial charge >= 0.3 is 0 Å². The second-order valence-electron chi connectivity index (χ2n) is 16.5. The fourth-order valence-electron chi connectivity index (χ4n) is 10.5. The van der Waals surface area contributed by atoms with Gasteiger partial charge in [-0.15, -0.1) is 0 Å². The Morgan fingerprint density at radius 2 is 0.938 bits per heavy atom. The Hall–Kier alpha value is -8.18. The van der Waals surface area contributed by atoms with Crippen LogP contribution in [0, 0.1) is 0 Å². The fourth-order valence-corrected chi connectivity index (χ4v) is 15.2. The molecular weight excluding hydrogens is 793 g/mol. The molecule has 13 rings (SSSR count). The highest BCUT2D eigenvalue weighted by molar-refractivity contribution is 7.19. The number of hydrogen-bond acceptors (Lipinski definition) is 1. The van der Waals surface area contributed by atoms with E-state index >= 15 is 0 Å². The highest BCUT2D eigenvalue weighted by Crippen LogP contribution is 2.45. The van der Waals surface area contributed by atoms with Crippen LogP contribution in [0.15, 0.2) is 247 Å². The Labute approximate surface area is 376 Å². The van der Waals surface area contributed by atoms with E-state index in [1.807, 2.05) is 30.3 Å². The summed E-state index contributed by atoms with van der Waals surface area (Å²) in [6.45, 7) is 0. The van der Waals surface area contributed by atoms with Crippen molar-refractivity contribution in [3.8, 4) is 22.5 Å². The van der Waals surface area contributed by atoms with Crippen molar-refractivity contribution < 1.29 is 9.90 Å². The normalized spacial score (nSPS) is 12.9. The van der Waals surface area contributed by atoms with Gasteiger partial charge in [-0.2, -0.15) is 0 Å². The third kappa shape index (κ3) is 5.33. The molecule has 3 aromatic heterocycles. The van der Waals surface area contributed by atoms with E-state index in [0.29, 0.717) is 27.5 Å². The first-order chi connectivity index (χ1) is 33.4. The van der Waals surface area contributed by atoms with Gasteiger partial charge in [0.05, 0.1) is 38.6 Å². The van der Waals surface area contributed by atoms with Crippen LogP contribution in [-0.2, 0) is 0 Å². The molecule has 0 N–H and O–H groups in total. The van der Waals surface area contributed by atoms with Crippen LogP contribution < -0.4 is 20.7 Å². The second kappa shape index (κ2) is 14.5. The fraction of sp³-hybridized carbons (Fsp3) is 0. The molecule has 0 atom stereocenters. The van der Waals surface area contributed by atoms with Gasteiger partial charge in [0.25, 0.3) is 0 Å². The summed E-state index contributed by atoms with van der Waals surface area (Å²) >= 11 is 0. The molecule has 0 fully saturated rings. The molecule has 0 spiro atoms. The summed E-state index contributed by atoms with van der Waals surface area (Å²) in [6, 6.07) is 76.2. The number of nitrogens with zero attached hydrogens (tertiary/aromatic N) is 2. The topological polar surface area (TPSA) is 23.0 Å². The Kier molecular flexibility index (Phi) is 7.34. The molecule has 13 aromatic rings. The predicted molar refractivity (Wildman–Crippen MR) is 271 cm³/mol. The molecule has 0 saturated heterocycles. The molecule has 0 aliphatic heterocycles. The van der Waals surface area contributed by atoms with Crippen LogP contribution >= 0.6 is 0 Å². The van der Waals surface area contributed by atoms with Gasteiger partial charge in [0.1, 0.15) is 5.58 Å². The van der Waals surface area contributed by atoms with Crippen LogP contribution in [0.5, 0.6) is 0 Å². The third-order valence-corrected chi connectivity index (χ3v) is 18.0. The minimum atomic E-state index is -3.02. The van der Waals surface area contributed by atoms with E-state index in [9.17, 15) is 2.74 Å². The van der Waals surface area contributed by atoms with Gasteiger partial charge in [0.2, 0.25) is 0 Å². The highest BCUT2D eigenvalue weighted by Gasteiger charge is 2.41. The van der Waals surface area contributed by atoms with E-state index in [0.717, 1.165) is 60.6 Å². The van der Waals surface area contributed by atoms with Crippen molar-refractivity contribution in [2.45, 2.75) is 0 Å². The van der Waals surface area contributed by atoms with Crippen LogP contribution in [0.4, 0.5) is 0 Å². The molecule has 0 amide bonds. The number of rotatable bonds is 7. The first-order valence-electron chi connectivity index (χ1n) is 23.7. The average molecular weight is 837 g/mol. The van der Waals surface area contributed by atoms with Crippen LogP contribution in [0.2, 0.25) is 0 Å². The summed E-state index contributed by atoms with van der Waals surface area (Å²) in [4.78, 5) is 0. The van der Waals surface area contributed by atoms with Crippen LogP contribution in [0.25, 0.3) is 88.1 Å². The molecule has 4 heteroatoms. The minimum Gasteiger partial charge on any atom is -0.454 e. The molecule has 0 aliphatic carbocycles. The number of benzene rings is 10. The summed E-state index contributed by atoms with van der Waals surface area (Å²) in [5.74, 6) is 0. The van der Waals surface area contributed by atoms with Crippen molar-refractivity contribution in [1.29, 1.82) is 0 Å². The predicted octanol–water partition coefficient (Wildman–Crippen LogP) is 12.8. The molecule has 10 aromatic carbocycles. The second-order valence-corrected chi connectivity index (χ2v) is 20.3. The van der Waals surface area contributed by atoms with E-state index in [2.05, 4.69) is 197 Å². The van der Waals surface area contributed by atoms with Crippen molar-refractivity contribution in [3.05, 3.63) is 243 Å². The zero-order chi connectivity index (χ0) is 45.7. The van der Waals surface area contributed by atoms with Crippen molar-refractivity contribution in [2.75, 3.05) is 0 Å². The number of fused-ring (bicyclic) bond motifs is 10. The average Bonchev–Trinajstić information content (AvgIpc) is 4.07. The lowest BCUT2D eigenvalue weighted by atomic mass is 10.1. The summed E-state index contributed by atoms with van der Waals surface area (Å²) in [5, 5.41) is 10.0. The monoisotopic (exact) mass is 836 g/mol. The Morgan fingerprint density at radius 1 is 0.391 bits per heavy atom. The van der Waals surface area contributed by atoms with Crippen LogP contribution in [-0.4, -0.2) is 17.2 Å². The Bertz CT molecular complexity index is 4030. The standard InChI is InChI=1S/C60H40N2OSi/c1-4-19-41(20-5-1)42-21-18-26-47(39-42)64(44-22-6-2-7-23-44,45-24-8-3-9-25-45)46-37-35-43(36-38-46)61-53-31-14-12-29-50(53)52-40-56(60-58(59(52)61)51-30-13-17-34-57(51)63-60)62-54-32-15-10-27-48(54)49-28-11-16-33-55(49)62/h1-40H/i12D,14D,29D,31D. The number of para-hydroxylation sites is 4. The van der Waals surface area contributed by atoms with Gasteiger partial charge in [-0.25, -0.2) is 0 Å². The molecular formula is C60H40N2OSi. The van der Waals surface area contributed by atoms with Gasteiger partial charge in [-0.05, 0) is 74.3 Å². The van der Waals surface area contributed by atoms with Crippen molar-refractivity contribution >= 4 is 94.4 Å². The van der Waals surface area contributed by atoms with Crippen molar-refractivity contribution in [1.82, 2.24) is 9.13 Å². The zero-order valence-electron chi connectivity index (χ0n) is 38.6. The van der Waals surface area contributed by atoms with E-state index in [-0.39, 0.29) is 24.2 Å². The lowest BCUT2D eigenvalue weighted by Crippen LogP contribution is -2.74. The molecule has 0 bridgehead atoms. The minimum absolute atomic E-state index is 0.0837. The summed E-state index contributed by atoms with van der Waals surface area (Å²) in [7, 11) is -3.02. The highest BCUT2D eigenvalue weighted by atomic mass is 28.3. The Balaban J connectivity index is 1.14. The third-order valence-electron chi connectivity index (χ3n) is 13.2. The van der Waals surface area contributed by atoms with Gasteiger partial charge in [-0.3, -0.25) is 0 Å². The van der Waals surface area contributed by atoms with Gasteiger partial charge in [-0.1, -0.05) is 200 Å². The van der Waals surface area contributed by atoms with Crippen molar-refractivity contribution in [3.63, 3.8) is 0 Å². The maximum Gasteiger partial charge on any atom is 0.179 e. The first-order valence-corrected chi connectivity index (χ1v) is 23.7.